The van der Waals surface area contributed by atoms with Crippen molar-refractivity contribution in [2.75, 3.05) is 22.1 Å². The Kier molecular flexibility index (Phi) is 6.22. The summed E-state index contributed by atoms with van der Waals surface area (Å²) < 4.78 is 4.86. The van der Waals surface area contributed by atoms with Crippen LogP contribution in [0.1, 0.15) is 18.2 Å². The van der Waals surface area contributed by atoms with E-state index < -0.39 is 0 Å². The van der Waals surface area contributed by atoms with E-state index in [2.05, 4.69) is 22.7 Å². The molecule has 23 heavy (non-hydrogen) atoms. The van der Waals surface area contributed by atoms with Crippen molar-refractivity contribution in [2.24, 2.45) is 0 Å². The number of hydrogen-bond donors (Lipinski definition) is 2. The fourth-order valence-electron chi connectivity index (χ4n) is 1.91. The predicted octanol–water partition coefficient (Wildman–Crippen LogP) is 2.86. The second-order valence-corrected chi connectivity index (χ2v) is 5.95. The van der Waals surface area contributed by atoms with Gasteiger partial charge in [-0.3, -0.25) is 9.59 Å². The number of benzene rings is 1. The highest BCUT2D eigenvalue weighted by atomic mass is 32.2. The number of aryl methyl sites for hydroxylation is 2. The normalized spacial score (nSPS) is 10.3. The molecule has 2 aromatic rings. The average molecular weight is 333 g/mol. The van der Waals surface area contributed by atoms with Crippen LogP contribution in [-0.4, -0.2) is 28.5 Å². The molecule has 0 aliphatic heterocycles. The summed E-state index contributed by atoms with van der Waals surface area (Å²) in [7, 11) is 0. The Balaban J connectivity index is 1.70. The van der Waals surface area contributed by atoms with Crippen LogP contribution in [0.5, 0.6) is 0 Å². The SMILES string of the molecule is CCc1cccc(NC(=O)CSCC(=O)Nc2cc(C)on2)c1. The molecule has 0 fully saturated rings. The zero-order chi connectivity index (χ0) is 16.7. The molecule has 7 heteroatoms. The monoisotopic (exact) mass is 333 g/mol. The topological polar surface area (TPSA) is 84.2 Å². The molecular weight excluding hydrogens is 314 g/mol. The molecule has 0 aliphatic rings. The highest BCUT2D eigenvalue weighted by molar-refractivity contribution is 8.00. The van der Waals surface area contributed by atoms with Gasteiger partial charge in [0.1, 0.15) is 5.76 Å². The number of hydrogen-bond acceptors (Lipinski definition) is 5. The summed E-state index contributed by atoms with van der Waals surface area (Å²) in [6, 6.07) is 9.36. The quantitative estimate of drug-likeness (QED) is 0.814. The van der Waals surface area contributed by atoms with Crippen LogP contribution in [0.15, 0.2) is 34.9 Å². The van der Waals surface area contributed by atoms with E-state index in [0.717, 1.165) is 17.7 Å². The molecule has 0 bridgehead atoms. The van der Waals surface area contributed by atoms with Crippen LogP contribution < -0.4 is 10.6 Å². The van der Waals surface area contributed by atoms with Gasteiger partial charge >= 0.3 is 0 Å². The zero-order valence-electron chi connectivity index (χ0n) is 13.1. The fraction of sp³-hybridized carbons (Fsp3) is 0.312. The van der Waals surface area contributed by atoms with Crippen LogP contribution in [0, 0.1) is 6.92 Å². The van der Waals surface area contributed by atoms with E-state index in [0.29, 0.717) is 11.6 Å². The summed E-state index contributed by atoms with van der Waals surface area (Å²) in [5, 5.41) is 9.11. The van der Waals surface area contributed by atoms with Gasteiger partial charge in [-0.1, -0.05) is 24.2 Å². The second kappa shape index (κ2) is 8.38. The Morgan fingerprint density at radius 1 is 1.17 bits per heavy atom. The molecule has 0 spiro atoms. The molecule has 0 atom stereocenters. The summed E-state index contributed by atoms with van der Waals surface area (Å²) in [6.07, 6.45) is 0.917. The van der Waals surface area contributed by atoms with Gasteiger partial charge in [0.05, 0.1) is 11.5 Å². The van der Waals surface area contributed by atoms with Crippen molar-refractivity contribution in [1.82, 2.24) is 5.16 Å². The number of nitrogens with one attached hydrogen (secondary N) is 2. The van der Waals surface area contributed by atoms with E-state index >= 15 is 0 Å². The molecule has 0 radical (unpaired) electrons. The van der Waals surface area contributed by atoms with Crippen molar-refractivity contribution >= 4 is 35.1 Å². The average Bonchev–Trinajstić information content (AvgIpc) is 2.92. The molecule has 0 unspecified atom stereocenters. The number of carbonyl (C=O) groups excluding carboxylic acids is 2. The lowest BCUT2D eigenvalue weighted by atomic mass is 10.1. The molecule has 2 amide bonds. The smallest absolute Gasteiger partial charge is 0.235 e. The highest BCUT2D eigenvalue weighted by Crippen LogP contribution is 2.12. The fourth-order valence-corrected chi connectivity index (χ4v) is 2.52. The lowest BCUT2D eigenvalue weighted by Crippen LogP contribution is -2.18. The third kappa shape index (κ3) is 5.78. The van der Waals surface area contributed by atoms with Crippen molar-refractivity contribution in [3.8, 4) is 0 Å². The molecule has 1 aromatic heterocycles. The maximum Gasteiger partial charge on any atom is 0.235 e. The van der Waals surface area contributed by atoms with E-state index in [1.54, 1.807) is 13.0 Å². The number of aromatic nitrogens is 1. The molecule has 122 valence electrons. The number of anilines is 2. The van der Waals surface area contributed by atoms with Crippen LogP contribution in [0.2, 0.25) is 0 Å². The summed E-state index contributed by atoms with van der Waals surface area (Å²) in [5.41, 5.74) is 1.94. The first-order chi connectivity index (χ1) is 11.1. The molecule has 1 heterocycles. The first-order valence-corrected chi connectivity index (χ1v) is 8.42. The lowest BCUT2D eigenvalue weighted by molar-refractivity contribution is -0.114. The van der Waals surface area contributed by atoms with Crippen LogP contribution in [0.25, 0.3) is 0 Å². The summed E-state index contributed by atoms with van der Waals surface area (Å²) in [4.78, 5) is 23.6. The number of nitrogens with zero attached hydrogens (tertiary/aromatic N) is 1. The maximum atomic E-state index is 11.9. The van der Waals surface area contributed by atoms with Crippen molar-refractivity contribution in [2.45, 2.75) is 20.3 Å². The zero-order valence-corrected chi connectivity index (χ0v) is 13.9. The Morgan fingerprint density at radius 3 is 2.57 bits per heavy atom. The minimum Gasteiger partial charge on any atom is -0.360 e. The van der Waals surface area contributed by atoms with Crippen LogP contribution in [-0.2, 0) is 16.0 Å². The Morgan fingerprint density at radius 2 is 1.91 bits per heavy atom. The molecule has 0 saturated heterocycles. The third-order valence-corrected chi connectivity index (χ3v) is 3.91. The minimum atomic E-state index is -0.218. The summed E-state index contributed by atoms with van der Waals surface area (Å²) in [6.45, 7) is 3.81. The van der Waals surface area contributed by atoms with Crippen LogP contribution in [0.3, 0.4) is 0 Å². The predicted molar refractivity (Wildman–Crippen MR) is 91.6 cm³/mol. The molecule has 0 saturated carbocycles. The maximum absolute atomic E-state index is 11.9. The molecular formula is C16H19N3O3S. The van der Waals surface area contributed by atoms with Crippen molar-refractivity contribution in [1.29, 1.82) is 0 Å². The van der Waals surface area contributed by atoms with E-state index in [1.165, 1.54) is 11.8 Å². The van der Waals surface area contributed by atoms with Gasteiger partial charge in [0.2, 0.25) is 11.8 Å². The van der Waals surface area contributed by atoms with Crippen molar-refractivity contribution < 1.29 is 14.1 Å². The largest absolute Gasteiger partial charge is 0.360 e. The second-order valence-electron chi connectivity index (χ2n) is 4.97. The van der Waals surface area contributed by atoms with Gasteiger partial charge in [-0.15, -0.1) is 11.8 Å². The van der Waals surface area contributed by atoms with Crippen molar-refractivity contribution in [3.05, 3.63) is 41.7 Å². The van der Waals surface area contributed by atoms with Crippen LogP contribution >= 0.6 is 11.8 Å². The molecule has 2 N–H and O–H groups in total. The lowest BCUT2D eigenvalue weighted by Gasteiger charge is -2.06. The van der Waals surface area contributed by atoms with E-state index in [1.807, 2.05) is 24.3 Å². The number of carbonyl (C=O) groups is 2. The van der Waals surface area contributed by atoms with Gasteiger partial charge in [-0.05, 0) is 31.0 Å². The summed E-state index contributed by atoms with van der Waals surface area (Å²) in [5.74, 6) is 1.05. The van der Waals surface area contributed by atoms with Gasteiger partial charge in [0.15, 0.2) is 5.82 Å². The molecule has 0 aliphatic carbocycles. The highest BCUT2D eigenvalue weighted by Gasteiger charge is 2.08. The number of amides is 2. The van der Waals surface area contributed by atoms with E-state index in [-0.39, 0.29) is 23.3 Å². The van der Waals surface area contributed by atoms with Gasteiger partial charge in [-0.25, -0.2) is 0 Å². The van der Waals surface area contributed by atoms with Gasteiger partial charge in [-0.2, -0.15) is 0 Å². The van der Waals surface area contributed by atoms with Gasteiger partial charge < -0.3 is 15.2 Å². The third-order valence-electron chi connectivity index (χ3n) is 2.98. The summed E-state index contributed by atoms with van der Waals surface area (Å²) >= 11 is 1.24. The van der Waals surface area contributed by atoms with E-state index in [4.69, 9.17) is 4.52 Å². The number of thioether (sulfide) groups is 1. The molecule has 2 rings (SSSR count). The van der Waals surface area contributed by atoms with Gasteiger partial charge in [0.25, 0.3) is 0 Å². The number of rotatable bonds is 7. The molecule has 1 aromatic carbocycles. The van der Waals surface area contributed by atoms with Crippen molar-refractivity contribution in [3.63, 3.8) is 0 Å². The van der Waals surface area contributed by atoms with Crippen LogP contribution in [0.4, 0.5) is 11.5 Å². The Labute approximate surface area is 139 Å². The molecule has 6 nitrogen and oxygen atoms in total. The first kappa shape index (κ1) is 17.1. The Hall–Kier alpha value is -2.28. The first-order valence-electron chi connectivity index (χ1n) is 7.26. The van der Waals surface area contributed by atoms with E-state index in [9.17, 15) is 9.59 Å². The van der Waals surface area contributed by atoms with Gasteiger partial charge in [0, 0.05) is 11.8 Å². The Bertz CT molecular complexity index is 685. The standard InChI is InChI=1S/C16H19N3O3S/c1-3-12-5-4-6-13(8-12)17-15(20)9-23-10-16(21)18-14-7-11(2)22-19-14/h4-8H,3,9-10H2,1-2H3,(H,17,20)(H,18,19,21). The minimum absolute atomic E-state index is 0.131.